The van der Waals surface area contributed by atoms with Crippen LogP contribution in [0.15, 0.2) is 12.1 Å². The minimum atomic E-state index is -0.198. The van der Waals surface area contributed by atoms with E-state index in [1.54, 1.807) is 12.1 Å². The number of aliphatic hydroxyl groups is 1. The highest BCUT2D eigenvalue weighted by Gasteiger charge is 2.28. The second-order valence-corrected chi connectivity index (χ2v) is 4.33. The molecule has 1 N–H and O–H groups in total. The van der Waals surface area contributed by atoms with E-state index < -0.39 is 0 Å². The van der Waals surface area contributed by atoms with Gasteiger partial charge in [-0.25, -0.2) is 0 Å². The lowest BCUT2D eigenvalue weighted by atomic mass is 10.1. The maximum Gasteiger partial charge on any atom is 0.265 e. The molecule has 0 aliphatic carbocycles. The molecule has 0 unspecified atom stereocenters. The second kappa shape index (κ2) is 6.38. The van der Waals surface area contributed by atoms with Gasteiger partial charge in [-0.3, -0.25) is 9.59 Å². The highest BCUT2D eigenvalue weighted by molar-refractivity contribution is 5.99. The lowest BCUT2D eigenvalue weighted by molar-refractivity contribution is -0.121. The lowest BCUT2D eigenvalue weighted by Gasteiger charge is -2.30. The van der Waals surface area contributed by atoms with Gasteiger partial charge in [-0.05, 0) is 25.5 Å². The summed E-state index contributed by atoms with van der Waals surface area (Å²) < 4.78 is 10.9. The summed E-state index contributed by atoms with van der Waals surface area (Å²) in [4.78, 5) is 24.5. The SMILES string of the molecule is CCOc1cc(C=O)cc2c1OCC(=O)N2CCCO. The van der Waals surface area contributed by atoms with Crippen molar-refractivity contribution in [2.45, 2.75) is 13.3 Å². The van der Waals surface area contributed by atoms with E-state index in [0.29, 0.717) is 48.6 Å². The maximum atomic E-state index is 11.9. The van der Waals surface area contributed by atoms with Crippen LogP contribution in [0.1, 0.15) is 23.7 Å². The molecule has 6 heteroatoms. The summed E-state index contributed by atoms with van der Waals surface area (Å²) in [6, 6.07) is 3.19. The molecule has 108 valence electrons. The second-order valence-electron chi connectivity index (χ2n) is 4.33. The van der Waals surface area contributed by atoms with Gasteiger partial charge in [0.25, 0.3) is 5.91 Å². The topological polar surface area (TPSA) is 76.1 Å². The first-order chi connectivity index (χ1) is 9.71. The number of amides is 1. The van der Waals surface area contributed by atoms with E-state index in [-0.39, 0.29) is 19.1 Å². The fourth-order valence-corrected chi connectivity index (χ4v) is 2.10. The zero-order valence-electron chi connectivity index (χ0n) is 11.3. The molecule has 0 aromatic heterocycles. The van der Waals surface area contributed by atoms with Crippen LogP contribution in [-0.4, -0.2) is 43.7 Å². The Balaban J connectivity index is 2.45. The summed E-state index contributed by atoms with van der Waals surface area (Å²) in [5, 5.41) is 8.92. The van der Waals surface area contributed by atoms with Gasteiger partial charge in [0, 0.05) is 18.7 Å². The molecule has 6 nitrogen and oxygen atoms in total. The number of fused-ring (bicyclic) bond motifs is 1. The fourth-order valence-electron chi connectivity index (χ4n) is 2.10. The molecule has 2 rings (SSSR count). The Hall–Kier alpha value is -2.08. The minimum Gasteiger partial charge on any atom is -0.490 e. The Morgan fingerprint density at radius 3 is 2.95 bits per heavy atom. The quantitative estimate of drug-likeness (QED) is 0.786. The van der Waals surface area contributed by atoms with Gasteiger partial charge < -0.3 is 19.5 Å². The van der Waals surface area contributed by atoms with Gasteiger partial charge in [-0.15, -0.1) is 0 Å². The van der Waals surface area contributed by atoms with Crippen molar-refractivity contribution >= 4 is 17.9 Å². The number of nitrogens with zero attached hydrogens (tertiary/aromatic N) is 1. The molecule has 0 fully saturated rings. The van der Waals surface area contributed by atoms with Gasteiger partial charge in [0.15, 0.2) is 18.1 Å². The van der Waals surface area contributed by atoms with Crippen molar-refractivity contribution in [3.05, 3.63) is 17.7 Å². The zero-order chi connectivity index (χ0) is 14.5. The van der Waals surface area contributed by atoms with Gasteiger partial charge in [0.05, 0.1) is 12.3 Å². The van der Waals surface area contributed by atoms with Crippen molar-refractivity contribution in [2.24, 2.45) is 0 Å². The van der Waals surface area contributed by atoms with E-state index in [1.165, 1.54) is 4.90 Å². The molecule has 1 aliphatic rings. The monoisotopic (exact) mass is 279 g/mol. The summed E-state index contributed by atoms with van der Waals surface area (Å²) in [5.74, 6) is 0.722. The van der Waals surface area contributed by atoms with Crippen molar-refractivity contribution in [1.82, 2.24) is 0 Å². The van der Waals surface area contributed by atoms with Crippen LogP contribution in [0, 0.1) is 0 Å². The van der Waals surface area contributed by atoms with Gasteiger partial charge in [0.1, 0.15) is 6.29 Å². The number of anilines is 1. The average molecular weight is 279 g/mol. The number of hydrogen-bond acceptors (Lipinski definition) is 5. The number of aldehydes is 1. The molecular formula is C14H17NO5. The number of carbonyl (C=O) groups is 2. The average Bonchev–Trinajstić information content (AvgIpc) is 2.46. The highest BCUT2D eigenvalue weighted by atomic mass is 16.5. The third kappa shape index (κ3) is 2.75. The van der Waals surface area contributed by atoms with Gasteiger partial charge in [-0.2, -0.15) is 0 Å². The summed E-state index contributed by atoms with van der Waals surface area (Å²) in [5.41, 5.74) is 0.933. The first-order valence-corrected chi connectivity index (χ1v) is 6.51. The molecule has 0 spiro atoms. The molecule has 1 heterocycles. The van der Waals surface area contributed by atoms with E-state index in [2.05, 4.69) is 0 Å². The largest absolute Gasteiger partial charge is 0.490 e. The number of carbonyl (C=O) groups excluding carboxylic acids is 2. The smallest absolute Gasteiger partial charge is 0.265 e. The first-order valence-electron chi connectivity index (χ1n) is 6.51. The van der Waals surface area contributed by atoms with Crippen LogP contribution < -0.4 is 14.4 Å². The van der Waals surface area contributed by atoms with Crippen LogP contribution in [0.5, 0.6) is 11.5 Å². The number of benzene rings is 1. The molecule has 1 aliphatic heterocycles. The molecule has 20 heavy (non-hydrogen) atoms. The number of aliphatic hydroxyl groups excluding tert-OH is 1. The summed E-state index contributed by atoms with van der Waals surface area (Å²) in [6.45, 7) is 2.56. The summed E-state index contributed by atoms with van der Waals surface area (Å²) >= 11 is 0. The molecule has 0 radical (unpaired) electrons. The van der Waals surface area contributed by atoms with Crippen LogP contribution in [0.25, 0.3) is 0 Å². The predicted molar refractivity (Wildman–Crippen MR) is 72.5 cm³/mol. The zero-order valence-corrected chi connectivity index (χ0v) is 11.3. The van der Waals surface area contributed by atoms with E-state index in [4.69, 9.17) is 14.6 Å². The Bertz CT molecular complexity index is 515. The van der Waals surface area contributed by atoms with Crippen LogP contribution in [0.2, 0.25) is 0 Å². The van der Waals surface area contributed by atoms with Crippen LogP contribution in [0.4, 0.5) is 5.69 Å². The Kier molecular flexibility index (Phi) is 4.57. The Labute approximate surface area is 116 Å². The van der Waals surface area contributed by atoms with Gasteiger partial charge in [0.2, 0.25) is 0 Å². The van der Waals surface area contributed by atoms with E-state index in [0.717, 1.165) is 0 Å². The van der Waals surface area contributed by atoms with E-state index in [1.807, 2.05) is 6.92 Å². The lowest BCUT2D eigenvalue weighted by Crippen LogP contribution is -2.39. The van der Waals surface area contributed by atoms with Crippen LogP contribution >= 0.6 is 0 Å². The van der Waals surface area contributed by atoms with Crippen molar-refractivity contribution in [3.8, 4) is 11.5 Å². The standard InChI is InChI=1S/C14H17NO5/c1-2-19-12-7-10(8-17)6-11-14(12)20-9-13(18)15(11)4-3-5-16/h6-8,16H,2-5,9H2,1H3. The van der Waals surface area contributed by atoms with Crippen LogP contribution in [-0.2, 0) is 4.79 Å². The molecule has 1 amide bonds. The van der Waals surface area contributed by atoms with Crippen LogP contribution in [0.3, 0.4) is 0 Å². The fraction of sp³-hybridized carbons (Fsp3) is 0.429. The van der Waals surface area contributed by atoms with Crippen molar-refractivity contribution in [3.63, 3.8) is 0 Å². The third-order valence-electron chi connectivity index (χ3n) is 2.97. The summed E-state index contributed by atoms with van der Waals surface area (Å²) in [7, 11) is 0. The maximum absolute atomic E-state index is 11.9. The predicted octanol–water partition coefficient (Wildman–Crippen LogP) is 1.01. The van der Waals surface area contributed by atoms with Crippen molar-refractivity contribution in [1.29, 1.82) is 0 Å². The molecule has 1 aromatic rings. The van der Waals surface area contributed by atoms with E-state index >= 15 is 0 Å². The summed E-state index contributed by atoms with van der Waals surface area (Å²) in [6.07, 6.45) is 1.16. The van der Waals surface area contributed by atoms with Crippen molar-refractivity contribution in [2.75, 3.05) is 31.3 Å². The number of rotatable bonds is 6. The molecule has 0 bridgehead atoms. The number of ether oxygens (including phenoxy) is 2. The highest BCUT2D eigenvalue weighted by Crippen LogP contribution is 2.41. The molecule has 0 saturated heterocycles. The molecule has 0 saturated carbocycles. The Morgan fingerprint density at radius 2 is 2.30 bits per heavy atom. The number of hydrogen-bond donors (Lipinski definition) is 1. The minimum absolute atomic E-state index is 0.00827. The normalized spacial score (nSPS) is 13.7. The van der Waals surface area contributed by atoms with Crippen molar-refractivity contribution < 1.29 is 24.2 Å². The first kappa shape index (κ1) is 14.3. The molecule has 0 atom stereocenters. The molecule has 1 aromatic carbocycles. The third-order valence-corrected chi connectivity index (χ3v) is 2.97. The molecular weight excluding hydrogens is 262 g/mol. The van der Waals surface area contributed by atoms with E-state index in [9.17, 15) is 9.59 Å². The Morgan fingerprint density at radius 1 is 1.50 bits per heavy atom. The van der Waals surface area contributed by atoms with Gasteiger partial charge >= 0.3 is 0 Å². The van der Waals surface area contributed by atoms with Gasteiger partial charge in [-0.1, -0.05) is 0 Å².